The Kier molecular flexibility index (Phi) is 3.67. The minimum absolute atomic E-state index is 0.00111. The molecule has 1 aromatic heterocycles. The highest BCUT2D eigenvalue weighted by Gasteiger charge is 2.13. The lowest BCUT2D eigenvalue weighted by atomic mass is 10.1. The number of hydrogen-bond acceptors (Lipinski definition) is 3. The summed E-state index contributed by atoms with van der Waals surface area (Å²) in [5.74, 6) is -0.00111. The van der Waals surface area contributed by atoms with Gasteiger partial charge in [0.25, 0.3) is 5.91 Å². The number of rotatable bonds is 3. The number of aryl methyl sites for hydroxylation is 1. The molecule has 1 aromatic carbocycles. The molecule has 1 heterocycles. The van der Waals surface area contributed by atoms with E-state index in [0.29, 0.717) is 17.8 Å². The van der Waals surface area contributed by atoms with E-state index < -0.39 is 0 Å². The van der Waals surface area contributed by atoms with E-state index in [-0.39, 0.29) is 5.91 Å². The summed E-state index contributed by atoms with van der Waals surface area (Å²) < 4.78 is 0. The van der Waals surface area contributed by atoms with Gasteiger partial charge in [0.15, 0.2) is 0 Å². The average molecular weight is 260 g/mol. The van der Waals surface area contributed by atoms with Gasteiger partial charge in [0.2, 0.25) is 0 Å². The molecule has 0 radical (unpaired) electrons. The van der Waals surface area contributed by atoms with Crippen molar-refractivity contribution < 1.29 is 4.79 Å². The summed E-state index contributed by atoms with van der Waals surface area (Å²) >= 11 is 1.65. The zero-order chi connectivity index (χ0) is 13.1. The fourth-order valence-electron chi connectivity index (χ4n) is 1.86. The van der Waals surface area contributed by atoms with Crippen LogP contribution in [0.2, 0.25) is 0 Å². The fourth-order valence-corrected chi connectivity index (χ4v) is 2.62. The predicted octanol–water partition coefficient (Wildman–Crippen LogP) is 2.91. The summed E-state index contributed by atoms with van der Waals surface area (Å²) in [6.07, 6.45) is 0. The molecule has 0 saturated heterocycles. The van der Waals surface area contributed by atoms with Crippen LogP contribution in [0.15, 0.2) is 35.7 Å². The normalized spacial score (nSPS) is 10.3. The van der Waals surface area contributed by atoms with E-state index in [1.165, 1.54) is 4.88 Å². The van der Waals surface area contributed by atoms with Gasteiger partial charge in [-0.25, -0.2) is 0 Å². The summed E-state index contributed by atoms with van der Waals surface area (Å²) in [4.78, 5) is 15.1. The smallest absolute Gasteiger partial charge is 0.254 e. The summed E-state index contributed by atoms with van der Waals surface area (Å²) in [6, 6.07) is 9.46. The number of nitrogens with zero attached hydrogens (tertiary/aromatic N) is 1. The molecule has 0 aliphatic heterocycles. The Morgan fingerprint density at radius 1 is 1.39 bits per heavy atom. The van der Waals surface area contributed by atoms with Crippen LogP contribution < -0.4 is 5.73 Å². The first-order valence-corrected chi connectivity index (χ1v) is 6.59. The molecular weight excluding hydrogens is 244 g/mol. The number of benzene rings is 1. The average Bonchev–Trinajstić information content (AvgIpc) is 2.79. The van der Waals surface area contributed by atoms with Gasteiger partial charge in [-0.1, -0.05) is 6.07 Å². The third kappa shape index (κ3) is 2.90. The van der Waals surface area contributed by atoms with Crippen molar-refractivity contribution in [3.8, 4) is 0 Å². The lowest BCUT2D eigenvalue weighted by molar-refractivity contribution is 0.0786. The summed E-state index contributed by atoms with van der Waals surface area (Å²) in [5, 5.41) is 2.01. The maximum absolute atomic E-state index is 12.3. The highest BCUT2D eigenvalue weighted by atomic mass is 32.1. The molecule has 18 heavy (non-hydrogen) atoms. The zero-order valence-corrected chi connectivity index (χ0v) is 11.3. The second kappa shape index (κ2) is 5.23. The number of carbonyl (C=O) groups is 1. The SMILES string of the molecule is Cc1cc(N)cc(C(=O)N(C)Cc2cccs2)c1. The molecule has 2 N–H and O–H groups in total. The van der Waals surface area contributed by atoms with Crippen LogP contribution in [0.1, 0.15) is 20.8 Å². The first kappa shape index (κ1) is 12.6. The van der Waals surface area contributed by atoms with Crippen molar-refractivity contribution >= 4 is 22.9 Å². The number of thiophene rings is 1. The molecule has 0 bridgehead atoms. The molecule has 94 valence electrons. The van der Waals surface area contributed by atoms with Crippen LogP contribution >= 0.6 is 11.3 Å². The van der Waals surface area contributed by atoms with Crippen molar-refractivity contribution in [2.24, 2.45) is 0 Å². The monoisotopic (exact) mass is 260 g/mol. The van der Waals surface area contributed by atoms with Crippen molar-refractivity contribution in [3.05, 3.63) is 51.7 Å². The lowest BCUT2D eigenvalue weighted by Gasteiger charge is -2.16. The zero-order valence-electron chi connectivity index (χ0n) is 10.5. The predicted molar refractivity (Wildman–Crippen MR) is 75.7 cm³/mol. The Morgan fingerprint density at radius 2 is 2.17 bits per heavy atom. The van der Waals surface area contributed by atoms with E-state index in [1.807, 2.05) is 36.6 Å². The minimum atomic E-state index is -0.00111. The maximum atomic E-state index is 12.3. The standard InChI is InChI=1S/C14H16N2OS/c1-10-6-11(8-12(15)7-10)14(17)16(2)9-13-4-3-5-18-13/h3-8H,9,15H2,1-2H3. The van der Waals surface area contributed by atoms with Crippen molar-refractivity contribution in [2.45, 2.75) is 13.5 Å². The number of anilines is 1. The Hall–Kier alpha value is -1.81. The highest BCUT2D eigenvalue weighted by Crippen LogP contribution is 2.16. The van der Waals surface area contributed by atoms with E-state index in [2.05, 4.69) is 0 Å². The second-order valence-electron chi connectivity index (χ2n) is 4.37. The lowest BCUT2D eigenvalue weighted by Crippen LogP contribution is -2.25. The topological polar surface area (TPSA) is 46.3 Å². The van der Waals surface area contributed by atoms with Gasteiger partial charge >= 0.3 is 0 Å². The molecule has 4 heteroatoms. The van der Waals surface area contributed by atoms with Crippen LogP contribution in [-0.4, -0.2) is 17.9 Å². The summed E-state index contributed by atoms with van der Waals surface area (Å²) in [5.41, 5.74) is 8.04. The van der Waals surface area contributed by atoms with Crippen LogP contribution in [0.5, 0.6) is 0 Å². The van der Waals surface area contributed by atoms with E-state index >= 15 is 0 Å². The van der Waals surface area contributed by atoms with Crippen molar-refractivity contribution in [2.75, 3.05) is 12.8 Å². The quantitative estimate of drug-likeness (QED) is 0.862. The van der Waals surface area contributed by atoms with Crippen LogP contribution in [0.25, 0.3) is 0 Å². The van der Waals surface area contributed by atoms with Gasteiger partial charge in [-0.3, -0.25) is 4.79 Å². The molecule has 0 fully saturated rings. The Balaban J connectivity index is 2.15. The first-order chi connectivity index (χ1) is 8.56. The molecular formula is C14H16N2OS. The molecule has 0 saturated carbocycles. The minimum Gasteiger partial charge on any atom is -0.399 e. The highest BCUT2D eigenvalue weighted by molar-refractivity contribution is 7.09. The van der Waals surface area contributed by atoms with Crippen molar-refractivity contribution in [3.63, 3.8) is 0 Å². The molecule has 0 spiro atoms. The second-order valence-corrected chi connectivity index (χ2v) is 5.41. The number of carbonyl (C=O) groups excluding carboxylic acids is 1. The molecule has 0 aliphatic carbocycles. The largest absolute Gasteiger partial charge is 0.399 e. The van der Waals surface area contributed by atoms with Gasteiger partial charge in [0, 0.05) is 23.2 Å². The fraction of sp³-hybridized carbons (Fsp3) is 0.214. The Bertz CT molecular complexity index is 529. The molecule has 2 rings (SSSR count). The molecule has 0 unspecified atom stereocenters. The van der Waals surface area contributed by atoms with Gasteiger partial charge in [-0.15, -0.1) is 11.3 Å². The van der Waals surface area contributed by atoms with E-state index in [1.54, 1.807) is 29.4 Å². The van der Waals surface area contributed by atoms with Crippen LogP contribution in [-0.2, 0) is 6.54 Å². The number of nitrogens with two attached hydrogens (primary N) is 1. The molecule has 3 nitrogen and oxygen atoms in total. The first-order valence-electron chi connectivity index (χ1n) is 5.71. The molecule has 1 amide bonds. The third-order valence-corrected chi connectivity index (χ3v) is 3.53. The molecule has 0 atom stereocenters. The van der Waals surface area contributed by atoms with Crippen LogP contribution in [0.4, 0.5) is 5.69 Å². The Morgan fingerprint density at radius 3 is 2.78 bits per heavy atom. The van der Waals surface area contributed by atoms with Gasteiger partial charge in [-0.2, -0.15) is 0 Å². The van der Waals surface area contributed by atoms with Gasteiger partial charge in [0.1, 0.15) is 0 Å². The van der Waals surface area contributed by atoms with E-state index in [0.717, 1.165) is 5.56 Å². The van der Waals surface area contributed by atoms with E-state index in [4.69, 9.17) is 5.73 Å². The van der Waals surface area contributed by atoms with Gasteiger partial charge < -0.3 is 10.6 Å². The van der Waals surface area contributed by atoms with Crippen LogP contribution in [0, 0.1) is 6.92 Å². The molecule has 2 aromatic rings. The van der Waals surface area contributed by atoms with Gasteiger partial charge in [-0.05, 0) is 42.1 Å². The van der Waals surface area contributed by atoms with Crippen molar-refractivity contribution in [1.82, 2.24) is 4.90 Å². The van der Waals surface area contributed by atoms with Crippen molar-refractivity contribution in [1.29, 1.82) is 0 Å². The number of nitrogen functional groups attached to an aromatic ring is 1. The summed E-state index contributed by atoms with van der Waals surface area (Å²) in [7, 11) is 1.81. The molecule has 0 aliphatic rings. The number of hydrogen-bond donors (Lipinski definition) is 1. The van der Waals surface area contributed by atoms with Crippen LogP contribution in [0.3, 0.4) is 0 Å². The van der Waals surface area contributed by atoms with E-state index in [9.17, 15) is 4.79 Å². The Labute approximate surface area is 111 Å². The third-order valence-electron chi connectivity index (χ3n) is 2.67. The van der Waals surface area contributed by atoms with Gasteiger partial charge in [0.05, 0.1) is 6.54 Å². The summed E-state index contributed by atoms with van der Waals surface area (Å²) in [6.45, 7) is 2.57. The number of amides is 1. The maximum Gasteiger partial charge on any atom is 0.254 e.